The van der Waals surface area contributed by atoms with Crippen molar-refractivity contribution in [2.24, 2.45) is 5.84 Å². The smallest absolute Gasteiger partial charge is 0.301 e. The molecule has 0 saturated carbocycles. The van der Waals surface area contributed by atoms with Gasteiger partial charge in [-0.2, -0.15) is 0 Å². The highest BCUT2D eigenvalue weighted by atomic mass is 79.9. The van der Waals surface area contributed by atoms with Gasteiger partial charge in [0, 0.05) is 5.56 Å². The van der Waals surface area contributed by atoms with E-state index in [1.165, 1.54) is 17.2 Å². The van der Waals surface area contributed by atoms with E-state index in [0.717, 1.165) is 0 Å². The van der Waals surface area contributed by atoms with Crippen LogP contribution in [0.15, 0.2) is 32.3 Å². The first-order chi connectivity index (χ1) is 9.04. The van der Waals surface area contributed by atoms with Gasteiger partial charge in [0.2, 0.25) is 0 Å². The Labute approximate surface area is 116 Å². The maximum absolute atomic E-state index is 12.0. The number of aromatic nitrogens is 2. The predicted octanol–water partition coefficient (Wildman–Crippen LogP) is 0.559. The minimum Gasteiger partial charge on any atom is -0.459 e. The number of halogens is 1. The molecule has 2 rings (SSSR count). The Morgan fingerprint density at radius 3 is 3.05 bits per heavy atom. The Kier molecular flexibility index (Phi) is 3.82. The fourth-order valence-corrected chi connectivity index (χ4v) is 1.90. The van der Waals surface area contributed by atoms with Crippen molar-refractivity contribution >= 4 is 21.8 Å². The third-order valence-electron chi connectivity index (χ3n) is 2.58. The number of rotatable bonds is 3. The third kappa shape index (κ3) is 2.59. The second kappa shape index (κ2) is 5.37. The van der Waals surface area contributed by atoms with Crippen molar-refractivity contribution < 1.29 is 9.21 Å². The largest absolute Gasteiger partial charge is 0.459 e. The summed E-state index contributed by atoms with van der Waals surface area (Å²) in [7, 11) is 0. The van der Waals surface area contributed by atoms with Crippen molar-refractivity contribution in [2.45, 2.75) is 13.5 Å². The van der Waals surface area contributed by atoms with Gasteiger partial charge in [-0.15, -0.1) is 0 Å². The van der Waals surface area contributed by atoms with Crippen LogP contribution in [0, 0.1) is 6.92 Å². The molecule has 7 nitrogen and oxygen atoms in total. The van der Waals surface area contributed by atoms with Crippen LogP contribution in [0.4, 0.5) is 0 Å². The molecule has 0 fully saturated rings. The second-order valence-electron chi connectivity index (χ2n) is 3.83. The van der Waals surface area contributed by atoms with Gasteiger partial charge in [-0.05, 0) is 28.9 Å². The number of amides is 1. The third-order valence-corrected chi connectivity index (χ3v) is 3.49. The molecule has 1 amide bonds. The summed E-state index contributed by atoms with van der Waals surface area (Å²) < 4.78 is 6.81. The molecular formula is C11H11BrN4O3. The summed E-state index contributed by atoms with van der Waals surface area (Å²) >= 11 is 3.18. The SMILES string of the molecule is Cc1ncn(Cc2ccoc2C(=O)NN)c(=O)c1Br. The molecule has 0 spiro atoms. The Hall–Kier alpha value is -1.93. The zero-order valence-electron chi connectivity index (χ0n) is 10.0. The molecule has 3 N–H and O–H groups in total. The summed E-state index contributed by atoms with van der Waals surface area (Å²) in [6, 6.07) is 1.60. The lowest BCUT2D eigenvalue weighted by atomic mass is 10.2. The van der Waals surface area contributed by atoms with Gasteiger partial charge in [-0.1, -0.05) is 0 Å². The first kappa shape index (κ1) is 13.5. The van der Waals surface area contributed by atoms with E-state index in [1.54, 1.807) is 13.0 Å². The van der Waals surface area contributed by atoms with Crippen LogP contribution in [0.2, 0.25) is 0 Å². The van der Waals surface area contributed by atoms with Crippen LogP contribution in [0.5, 0.6) is 0 Å². The minimum absolute atomic E-state index is 0.0751. The average molecular weight is 327 g/mol. The fraction of sp³-hybridized carbons (Fsp3) is 0.182. The van der Waals surface area contributed by atoms with Crippen LogP contribution in [0.1, 0.15) is 21.8 Å². The van der Waals surface area contributed by atoms with Gasteiger partial charge in [-0.25, -0.2) is 10.8 Å². The van der Waals surface area contributed by atoms with E-state index in [9.17, 15) is 9.59 Å². The van der Waals surface area contributed by atoms with Crippen molar-refractivity contribution in [1.82, 2.24) is 15.0 Å². The molecule has 19 heavy (non-hydrogen) atoms. The number of nitrogens with two attached hydrogens (primary N) is 1. The van der Waals surface area contributed by atoms with E-state index in [2.05, 4.69) is 20.9 Å². The van der Waals surface area contributed by atoms with Crippen LogP contribution in [0.25, 0.3) is 0 Å². The quantitative estimate of drug-likeness (QED) is 0.487. The topological polar surface area (TPSA) is 103 Å². The van der Waals surface area contributed by atoms with Crippen LogP contribution in [0.3, 0.4) is 0 Å². The highest BCUT2D eigenvalue weighted by molar-refractivity contribution is 9.10. The summed E-state index contributed by atoms with van der Waals surface area (Å²) in [6.07, 6.45) is 2.78. The standard InChI is InChI=1S/C11H11BrN4O3/c1-6-8(12)11(18)16(5-14-6)4-7-2-3-19-9(7)10(17)15-13/h2-3,5H,4,13H2,1H3,(H,15,17). The van der Waals surface area contributed by atoms with Crippen LogP contribution >= 0.6 is 15.9 Å². The maximum atomic E-state index is 12.0. The van der Waals surface area contributed by atoms with Crippen LogP contribution < -0.4 is 16.8 Å². The predicted molar refractivity (Wildman–Crippen MR) is 70.4 cm³/mol. The van der Waals surface area contributed by atoms with Gasteiger partial charge in [0.05, 0.1) is 24.8 Å². The van der Waals surface area contributed by atoms with Crippen molar-refractivity contribution in [3.8, 4) is 0 Å². The molecule has 0 saturated heterocycles. The molecule has 8 heteroatoms. The normalized spacial score (nSPS) is 10.5. The number of carbonyl (C=O) groups is 1. The number of nitrogen functional groups attached to an aromatic ring is 1. The Bertz CT molecular complexity index is 677. The zero-order valence-corrected chi connectivity index (χ0v) is 11.6. The highest BCUT2D eigenvalue weighted by Crippen LogP contribution is 2.12. The van der Waals surface area contributed by atoms with Gasteiger partial charge < -0.3 is 4.42 Å². The average Bonchev–Trinajstić information content (AvgIpc) is 2.87. The molecule has 2 heterocycles. The number of furan rings is 1. The Morgan fingerprint density at radius 2 is 2.37 bits per heavy atom. The molecule has 100 valence electrons. The molecule has 0 bridgehead atoms. The molecule has 0 aliphatic heterocycles. The van der Waals surface area contributed by atoms with Gasteiger partial charge in [0.15, 0.2) is 5.76 Å². The first-order valence-electron chi connectivity index (χ1n) is 5.33. The highest BCUT2D eigenvalue weighted by Gasteiger charge is 2.15. The minimum atomic E-state index is -0.549. The lowest BCUT2D eigenvalue weighted by Gasteiger charge is -2.06. The number of carbonyl (C=O) groups excluding carboxylic acids is 1. The van der Waals surface area contributed by atoms with Gasteiger partial charge in [-0.3, -0.25) is 19.6 Å². The van der Waals surface area contributed by atoms with Gasteiger partial charge in [0.25, 0.3) is 5.56 Å². The molecule has 0 unspecified atom stereocenters. The molecule has 2 aromatic rings. The van der Waals surface area contributed by atoms with Crippen molar-refractivity contribution in [2.75, 3.05) is 0 Å². The zero-order chi connectivity index (χ0) is 14.0. The number of hydrogen-bond donors (Lipinski definition) is 2. The lowest BCUT2D eigenvalue weighted by Crippen LogP contribution is -2.31. The molecule has 2 aromatic heterocycles. The maximum Gasteiger partial charge on any atom is 0.301 e. The van der Waals surface area contributed by atoms with Crippen LogP contribution in [-0.2, 0) is 6.54 Å². The van der Waals surface area contributed by atoms with E-state index in [1.807, 2.05) is 5.43 Å². The molecule has 0 aliphatic rings. The summed E-state index contributed by atoms with van der Waals surface area (Å²) in [4.78, 5) is 27.5. The number of hydrogen-bond acceptors (Lipinski definition) is 5. The fourth-order valence-electron chi connectivity index (χ4n) is 1.57. The molecule has 0 aliphatic carbocycles. The first-order valence-corrected chi connectivity index (χ1v) is 6.12. The van der Waals surface area contributed by atoms with E-state index < -0.39 is 5.91 Å². The summed E-state index contributed by atoms with van der Waals surface area (Å²) in [5, 5.41) is 0. The van der Waals surface area contributed by atoms with Crippen molar-refractivity contribution in [3.63, 3.8) is 0 Å². The molecular weight excluding hydrogens is 316 g/mol. The summed E-state index contributed by atoms with van der Waals surface area (Å²) in [6.45, 7) is 1.89. The van der Waals surface area contributed by atoms with E-state index in [0.29, 0.717) is 15.7 Å². The summed E-state index contributed by atoms with van der Waals surface area (Å²) in [5.41, 5.74) is 2.90. The number of aryl methyl sites for hydroxylation is 1. The van der Waals surface area contributed by atoms with Gasteiger partial charge >= 0.3 is 5.91 Å². The number of hydrazine groups is 1. The Balaban J connectivity index is 2.38. The number of nitrogens with one attached hydrogen (secondary N) is 1. The molecule has 0 atom stereocenters. The number of nitrogens with zero attached hydrogens (tertiary/aromatic N) is 2. The summed E-state index contributed by atoms with van der Waals surface area (Å²) in [5.74, 6) is 4.58. The van der Waals surface area contributed by atoms with E-state index >= 15 is 0 Å². The molecule has 0 aromatic carbocycles. The van der Waals surface area contributed by atoms with E-state index in [-0.39, 0.29) is 17.9 Å². The van der Waals surface area contributed by atoms with Crippen molar-refractivity contribution in [1.29, 1.82) is 0 Å². The van der Waals surface area contributed by atoms with Gasteiger partial charge in [0.1, 0.15) is 4.47 Å². The second-order valence-corrected chi connectivity index (χ2v) is 4.62. The Morgan fingerprint density at radius 1 is 1.63 bits per heavy atom. The van der Waals surface area contributed by atoms with E-state index in [4.69, 9.17) is 10.3 Å². The van der Waals surface area contributed by atoms with Crippen LogP contribution in [-0.4, -0.2) is 15.5 Å². The lowest BCUT2D eigenvalue weighted by molar-refractivity contribution is 0.0924. The van der Waals surface area contributed by atoms with Crippen molar-refractivity contribution in [3.05, 3.63) is 50.5 Å². The monoisotopic (exact) mass is 326 g/mol. The molecule has 0 radical (unpaired) electrons.